The fourth-order valence-corrected chi connectivity index (χ4v) is 3.93. The Balaban J connectivity index is 1.40. The minimum atomic E-state index is -0.668. The summed E-state index contributed by atoms with van der Waals surface area (Å²) in [7, 11) is 0. The van der Waals surface area contributed by atoms with Gasteiger partial charge in [-0.2, -0.15) is 0 Å². The lowest BCUT2D eigenvalue weighted by molar-refractivity contribution is -0.141. The van der Waals surface area contributed by atoms with E-state index in [2.05, 4.69) is 6.07 Å². The molecule has 1 N–H and O–H groups in total. The summed E-state index contributed by atoms with van der Waals surface area (Å²) in [5.41, 5.74) is 1.65. The van der Waals surface area contributed by atoms with E-state index < -0.39 is 5.97 Å². The van der Waals surface area contributed by atoms with Crippen LogP contribution in [-0.4, -0.2) is 11.1 Å². The Labute approximate surface area is 180 Å². The SMILES string of the molecule is CC(CCCCCCCCCCCCCCc1ccc2ccc(=O)oc2c1)C(=O)O. The van der Waals surface area contributed by atoms with Gasteiger partial charge < -0.3 is 9.52 Å². The highest BCUT2D eigenvalue weighted by molar-refractivity contribution is 5.76. The number of fused-ring (bicyclic) bond motifs is 1. The second-order valence-electron chi connectivity index (χ2n) is 8.65. The maximum absolute atomic E-state index is 11.3. The second kappa shape index (κ2) is 14.0. The zero-order valence-corrected chi connectivity index (χ0v) is 18.5. The van der Waals surface area contributed by atoms with Crippen molar-refractivity contribution >= 4 is 16.9 Å². The van der Waals surface area contributed by atoms with Crippen LogP contribution in [0.3, 0.4) is 0 Å². The number of benzene rings is 1. The molecule has 1 unspecified atom stereocenters. The van der Waals surface area contributed by atoms with Gasteiger partial charge in [-0.1, -0.05) is 89.7 Å². The second-order valence-corrected chi connectivity index (χ2v) is 8.65. The van der Waals surface area contributed by atoms with Crippen molar-refractivity contribution < 1.29 is 14.3 Å². The third-order valence-electron chi connectivity index (χ3n) is 5.96. The molecule has 0 fully saturated rings. The monoisotopic (exact) mass is 414 g/mol. The molecule has 1 aromatic heterocycles. The maximum Gasteiger partial charge on any atom is 0.336 e. The molecular weight excluding hydrogens is 376 g/mol. The first kappa shape index (κ1) is 24.2. The summed E-state index contributed by atoms with van der Waals surface area (Å²) in [6.07, 6.45) is 16.9. The normalized spacial score (nSPS) is 12.3. The molecule has 0 aliphatic heterocycles. The zero-order valence-electron chi connectivity index (χ0n) is 18.5. The van der Waals surface area contributed by atoms with Crippen molar-refractivity contribution in [2.75, 3.05) is 0 Å². The summed E-state index contributed by atoms with van der Waals surface area (Å²) < 4.78 is 5.26. The molecule has 2 rings (SSSR count). The van der Waals surface area contributed by atoms with E-state index in [1.54, 1.807) is 6.92 Å². The lowest BCUT2D eigenvalue weighted by Gasteiger charge is -2.06. The summed E-state index contributed by atoms with van der Waals surface area (Å²) in [5, 5.41) is 9.83. The maximum atomic E-state index is 11.3. The third-order valence-corrected chi connectivity index (χ3v) is 5.96. The number of hydrogen-bond acceptors (Lipinski definition) is 3. The van der Waals surface area contributed by atoms with Gasteiger partial charge in [0.15, 0.2) is 0 Å². The van der Waals surface area contributed by atoms with Crippen LogP contribution in [0, 0.1) is 5.92 Å². The van der Waals surface area contributed by atoms with Crippen LogP contribution in [0.1, 0.15) is 96.0 Å². The number of carbonyl (C=O) groups is 1. The molecule has 30 heavy (non-hydrogen) atoms. The lowest BCUT2D eigenvalue weighted by Crippen LogP contribution is -2.08. The van der Waals surface area contributed by atoms with Gasteiger partial charge in [-0.15, -0.1) is 0 Å². The molecule has 0 aliphatic carbocycles. The molecular formula is C26H38O4. The molecule has 1 atom stereocenters. The van der Waals surface area contributed by atoms with Gasteiger partial charge in [0, 0.05) is 11.5 Å². The highest BCUT2D eigenvalue weighted by atomic mass is 16.4. The van der Waals surface area contributed by atoms with Crippen molar-refractivity contribution in [3.63, 3.8) is 0 Å². The Bertz CT molecular complexity index is 808. The highest BCUT2D eigenvalue weighted by Gasteiger charge is 2.09. The smallest absolute Gasteiger partial charge is 0.336 e. The van der Waals surface area contributed by atoms with Gasteiger partial charge in [0.25, 0.3) is 0 Å². The standard InChI is InChI=1S/C26H38O4/c1-21(26(28)29)14-12-10-8-6-4-2-3-5-7-9-11-13-15-22-16-17-23-18-19-25(27)30-24(23)20-22/h16-21H,2-15H2,1H3,(H,28,29). The average molecular weight is 415 g/mol. The van der Waals surface area contributed by atoms with Crippen LogP contribution in [0.25, 0.3) is 11.0 Å². The molecule has 4 heteroatoms. The van der Waals surface area contributed by atoms with Gasteiger partial charge in [-0.05, 0) is 37.0 Å². The summed E-state index contributed by atoms with van der Waals surface area (Å²) in [5.74, 6) is -0.862. The van der Waals surface area contributed by atoms with Crippen molar-refractivity contribution in [2.45, 2.75) is 96.8 Å². The minimum absolute atomic E-state index is 0.194. The molecule has 1 heterocycles. The molecule has 0 bridgehead atoms. The Kier molecular flexibility index (Phi) is 11.3. The first-order valence-electron chi connectivity index (χ1n) is 11.8. The third kappa shape index (κ3) is 9.60. The Morgan fingerprint density at radius 3 is 1.97 bits per heavy atom. The molecule has 0 radical (unpaired) electrons. The summed E-state index contributed by atoms with van der Waals surface area (Å²) in [6.45, 7) is 1.80. The first-order valence-corrected chi connectivity index (χ1v) is 11.8. The number of aryl methyl sites for hydroxylation is 1. The Hall–Kier alpha value is -2.10. The number of aliphatic carboxylic acids is 1. The van der Waals surface area contributed by atoms with Crippen LogP contribution >= 0.6 is 0 Å². The van der Waals surface area contributed by atoms with E-state index in [1.165, 1.54) is 82.3 Å². The van der Waals surface area contributed by atoms with Crippen LogP contribution in [0.15, 0.2) is 39.5 Å². The molecule has 0 saturated carbocycles. The van der Waals surface area contributed by atoms with Gasteiger partial charge in [0.05, 0.1) is 5.92 Å². The number of carboxylic acids is 1. The molecule has 2 aromatic rings. The molecule has 0 amide bonds. The highest BCUT2D eigenvalue weighted by Crippen LogP contribution is 2.17. The molecule has 0 saturated heterocycles. The number of carboxylic acid groups (broad SMARTS) is 1. The van der Waals surface area contributed by atoms with Crippen molar-refractivity contribution in [1.82, 2.24) is 0 Å². The average Bonchev–Trinajstić information content (AvgIpc) is 2.73. The molecule has 1 aromatic carbocycles. The summed E-state index contributed by atoms with van der Waals surface area (Å²) in [6, 6.07) is 9.45. The quantitative estimate of drug-likeness (QED) is 0.234. The fraction of sp³-hybridized carbons (Fsp3) is 0.615. The molecule has 166 valence electrons. The number of hydrogen-bond donors (Lipinski definition) is 1. The van der Waals surface area contributed by atoms with Gasteiger partial charge in [0.2, 0.25) is 0 Å². The van der Waals surface area contributed by atoms with Gasteiger partial charge in [-0.3, -0.25) is 4.79 Å². The van der Waals surface area contributed by atoms with Crippen molar-refractivity contribution in [3.05, 3.63) is 46.3 Å². The van der Waals surface area contributed by atoms with Gasteiger partial charge in [-0.25, -0.2) is 4.79 Å². The van der Waals surface area contributed by atoms with Gasteiger partial charge >= 0.3 is 11.6 Å². The zero-order chi connectivity index (χ0) is 21.6. The van der Waals surface area contributed by atoms with Crippen molar-refractivity contribution in [1.29, 1.82) is 0 Å². The Morgan fingerprint density at radius 1 is 0.833 bits per heavy atom. The van der Waals surface area contributed by atoms with Gasteiger partial charge in [0.1, 0.15) is 5.58 Å². The number of rotatable bonds is 16. The fourth-order valence-electron chi connectivity index (χ4n) is 3.93. The van der Waals surface area contributed by atoms with Crippen LogP contribution in [0.2, 0.25) is 0 Å². The van der Waals surface area contributed by atoms with E-state index >= 15 is 0 Å². The minimum Gasteiger partial charge on any atom is -0.481 e. The lowest BCUT2D eigenvalue weighted by atomic mass is 10.0. The molecule has 0 aliphatic rings. The van der Waals surface area contributed by atoms with Crippen LogP contribution in [-0.2, 0) is 11.2 Å². The summed E-state index contributed by atoms with van der Waals surface area (Å²) >= 11 is 0. The van der Waals surface area contributed by atoms with Crippen LogP contribution in [0.5, 0.6) is 0 Å². The topological polar surface area (TPSA) is 67.5 Å². The predicted octanol–water partition coefficient (Wildman–Crippen LogP) is 7.13. The predicted molar refractivity (Wildman–Crippen MR) is 123 cm³/mol. The van der Waals surface area contributed by atoms with E-state index in [4.69, 9.17) is 9.52 Å². The van der Waals surface area contributed by atoms with E-state index in [1.807, 2.05) is 18.2 Å². The Morgan fingerprint density at radius 2 is 1.37 bits per heavy atom. The number of unbranched alkanes of at least 4 members (excludes halogenated alkanes) is 11. The first-order chi connectivity index (χ1) is 14.6. The van der Waals surface area contributed by atoms with E-state index in [0.29, 0.717) is 5.58 Å². The summed E-state index contributed by atoms with van der Waals surface area (Å²) in [4.78, 5) is 22.1. The van der Waals surface area contributed by atoms with Crippen LogP contribution in [0.4, 0.5) is 0 Å². The van der Waals surface area contributed by atoms with E-state index in [0.717, 1.165) is 24.6 Å². The van der Waals surface area contributed by atoms with E-state index in [-0.39, 0.29) is 11.5 Å². The van der Waals surface area contributed by atoms with Crippen molar-refractivity contribution in [2.24, 2.45) is 5.92 Å². The van der Waals surface area contributed by atoms with Crippen LogP contribution < -0.4 is 5.63 Å². The molecule has 4 nitrogen and oxygen atoms in total. The molecule has 0 spiro atoms. The van der Waals surface area contributed by atoms with Crippen molar-refractivity contribution in [3.8, 4) is 0 Å². The van der Waals surface area contributed by atoms with E-state index in [9.17, 15) is 9.59 Å². The largest absolute Gasteiger partial charge is 0.481 e.